The van der Waals surface area contributed by atoms with E-state index in [-0.39, 0.29) is 25.5 Å². The number of benzene rings is 3. The Morgan fingerprint density at radius 1 is 0.500 bits per heavy atom. The number of rotatable bonds is 7. The van der Waals surface area contributed by atoms with E-state index in [1.54, 1.807) is 32.9 Å². The van der Waals surface area contributed by atoms with Gasteiger partial charge >= 0.3 is 0 Å². The van der Waals surface area contributed by atoms with E-state index in [2.05, 4.69) is 0 Å². The third kappa shape index (κ3) is 5.09. The van der Waals surface area contributed by atoms with Crippen LogP contribution in [-0.4, -0.2) is 29.2 Å². The Morgan fingerprint density at radius 3 is 1.09 bits per heavy atom. The van der Waals surface area contributed by atoms with Gasteiger partial charge in [0.2, 0.25) is 32.5 Å². The van der Waals surface area contributed by atoms with Gasteiger partial charge in [-0.3, -0.25) is 0 Å². The topological polar surface area (TPSA) is 102 Å². The van der Waals surface area contributed by atoms with Gasteiger partial charge in [0.15, 0.2) is 0 Å². The van der Waals surface area contributed by atoms with Crippen LogP contribution < -0.4 is 0 Å². The van der Waals surface area contributed by atoms with E-state index in [1.807, 2.05) is 0 Å². The Labute approximate surface area is 192 Å². The highest BCUT2D eigenvalue weighted by molar-refractivity contribution is 8.75. The molecule has 0 aliphatic carbocycles. The molecule has 0 spiro atoms. The number of hydrogen-bond donors (Lipinski definition) is 0. The molecule has 0 heterocycles. The molecule has 0 aliphatic heterocycles. The molecule has 6 nitrogen and oxygen atoms in total. The summed E-state index contributed by atoms with van der Waals surface area (Å²) in [6.45, 7) is 5.29. The largest absolute Gasteiger partial charge is 0.232 e. The molecule has 0 atom stereocenters. The molecule has 0 radical (unpaired) electrons. The van der Waals surface area contributed by atoms with Gasteiger partial charge in [0.1, 0.15) is 0 Å². The predicted molar refractivity (Wildman–Crippen MR) is 126 cm³/mol. The molecule has 3 aromatic carbocycles. The molecule has 3 rings (SSSR count). The van der Waals surface area contributed by atoms with Gasteiger partial charge in [0, 0.05) is 10.8 Å². The number of aryl methyl sites for hydroxylation is 3. The van der Waals surface area contributed by atoms with E-state index in [9.17, 15) is 25.3 Å². The van der Waals surface area contributed by atoms with Gasteiger partial charge in [-0.15, -0.1) is 0 Å². The monoisotopic (exact) mass is 510 g/mol. The van der Waals surface area contributed by atoms with Gasteiger partial charge < -0.3 is 0 Å². The molecule has 0 fully saturated rings. The van der Waals surface area contributed by atoms with Crippen molar-refractivity contribution < 1.29 is 25.3 Å². The van der Waals surface area contributed by atoms with Crippen LogP contribution in [0.5, 0.6) is 0 Å². The van der Waals surface area contributed by atoms with Crippen molar-refractivity contribution in [2.24, 2.45) is 0 Å². The van der Waals surface area contributed by atoms with Crippen molar-refractivity contribution in [2.45, 2.75) is 39.4 Å². The first-order valence-electron chi connectivity index (χ1n) is 9.45. The Bertz CT molecular complexity index is 1350. The summed E-state index contributed by atoms with van der Waals surface area (Å²) in [5.41, 5.74) is 2.37. The van der Waals surface area contributed by atoms with Gasteiger partial charge in [-0.05, 0) is 57.2 Å². The zero-order valence-electron chi connectivity index (χ0n) is 17.6. The van der Waals surface area contributed by atoms with Crippen LogP contribution in [0.15, 0.2) is 87.5 Å². The molecule has 32 heavy (non-hydrogen) atoms. The fraction of sp³-hybridized carbons (Fsp3) is 0.182. The summed E-state index contributed by atoms with van der Waals surface area (Å²) < 4.78 is 77.5. The predicted octanol–water partition coefficient (Wildman–Crippen LogP) is 4.27. The smallest absolute Gasteiger partial charge is 0.221 e. The third-order valence-electron chi connectivity index (χ3n) is 4.72. The summed E-state index contributed by atoms with van der Waals surface area (Å²) in [6, 6.07) is 17.0. The lowest BCUT2D eigenvalue weighted by Crippen LogP contribution is -2.29. The molecule has 0 bridgehead atoms. The Kier molecular flexibility index (Phi) is 6.90. The molecule has 0 saturated heterocycles. The third-order valence-corrected chi connectivity index (χ3v) is 15.1. The highest BCUT2D eigenvalue weighted by Gasteiger charge is 2.44. The van der Waals surface area contributed by atoms with Gasteiger partial charge in [-0.2, -0.15) is 0 Å². The van der Waals surface area contributed by atoms with Crippen molar-refractivity contribution in [1.82, 2.24) is 0 Å². The first-order valence-corrected chi connectivity index (χ1v) is 15.4. The summed E-state index contributed by atoms with van der Waals surface area (Å²) in [4.78, 5) is -0.706. The van der Waals surface area contributed by atoms with Gasteiger partial charge in [0.05, 0.1) is 14.7 Å². The van der Waals surface area contributed by atoms with E-state index < -0.39 is 32.5 Å². The minimum atomic E-state index is -4.59. The lowest BCUT2D eigenvalue weighted by Gasteiger charge is -2.18. The van der Waals surface area contributed by atoms with E-state index in [4.69, 9.17) is 0 Å². The first kappa shape index (κ1) is 24.5. The number of hydrogen-bond acceptors (Lipinski definition) is 7. The summed E-state index contributed by atoms with van der Waals surface area (Å²) in [5.74, 6) is 0. The molecule has 170 valence electrons. The molecular formula is C22H22O6S4. The maximum atomic E-state index is 13.4. The maximum absolute atomic E-state index is 13.4. The summed E-state index contributed by atoms with van der Waals surface area (Å²) >= 11 is 0. The summed E-state index contributed by atoms with van der Waals surface area (Å²) in [7, 11) is -13.6. The van der Waals surface area contributed by atoms with Crippen LogP contribution in [0.25, 0.3) is 0 Å². The molecule has 0 amide bonds. The normalized spacial score (nSPS) is 12.8. The molecular weight excluding hydrogens is 489 g/mol. The average molecular weight is 511 g/mol. The lowest BCUT2D eigenvalue weighted by molar-refractivity contribution is 0.585. The summed E-state index contributed by atoms with van der Waals surface area (Å²) in [5, 5.41) is 0. The molecule has 0 aliphatic rings. The fourth-order valence-electron chi connectivity index (χ4n) is 2.81. The molecule has 0 unspecified atom stereocenters. The van der Waals surface area contributed by atoms with Crippen molar-refractivity contribution in [1.29, 1.82) is 0 Å². The Morgan fingerprint density at radius 2 is 0.781 bits per heavy atom. The fourth-order valence-corrected chi connectivity index (χ4v) is 13.6. The highest BCUT2D eigenvalue weighted by atomic mass is 33.1. The van der Waals surface area contributed by atoms with Gasteiger partial charge in [0.25, 0.3) is 0 Å². The SMILES string of the molecule is Cc1ccc(S(=O)(=O)SC(S(=O)(=O)c2ccc(C)cc2)S(=O)(=O)c2ccc(C)cc2)cc1. The van der Waals surface area contributed by atoms with Gasteiger partial charge in [-0.25, -0.2) is 25.3 Å². The van der Waals surface area contributed by atoms with Crippen LogP contribution in [-0.2, 0) is 28.5 Å². The molecule has 10 heteroatoms. The minimum Gasteiger partial charge on any atom is -0.221 e. The quantitative estimate of drug-likeness (QED) is 0.438. The minimum absolute atomic E-state index is 0.0858. The Balaban J connectivity index is 2.18. The van der Waals surface area contributed by atoms with E-state index in [1.165, 1.54) is 60.7 Å². The zero-order valence-corrected chi connectivity index (χ0v) is 20.9. The second kappa shape index (κ2) is 9.01. The summed E-state index contributed by atoms with van der Waals surface area (Å²) in [6.07, 6.45) is 0. The average Bonchev–Trinajstić information content (AvgIpc) is 2.73. The van der Waals surface area contributed by atoms with E-state index in [0.29, 0.717) is 0 Å². The van der Waals surface area contributed by atoms with Crippen LogP contribution in [0.3, 0.4) is 0 Å². The number of sulfone groups is 2. The van der Waals surface area contributed by atoms with Crippen LogP contribution in [0.2, 0.25) is 0 Å². The Hall–Kier alpha value is -2.14. The van der Waals surface area contributed by atoms with Crippen molar-refractivity contribution >= 4 is 39.3 Å². The van der Waals surface area contributed by atoms with E-state index >= 15 is 0 Å². The van der Waals surface area contributed by atoms with Crippen LogP contribution in [0, 0.1) is 20.8 Å². The lowest BCUT2D eigenvalue weighted by atomic mass is 10.2. The standard InChI is InChI=1S/C22H22O6S4/c1-16-4-10-19(11-5-16)30(23,24)22(31(25,26)20-12-6-17(2)7-13-20)29-32(27,28)21-14-8-18(3)9-15-21/h4-15,22H,1-3H3. The maximum Gasteiger partial charge on any atom is 0.232 e. The second-order valence-electron chi connectivity index (χ2n) is 7.37. The molecule has 0 aromatic heterocycles. The van der Waals surface area contributed by atoms with E-state index in [0.717, 1.165) is 16.7 Å². The molecule has 0 saturated carbocycles. The van der Waals surface area contributed by atoms with Crippen LogP contribution in [0.4, 0.5) is 0 Å². The van der Waals surface area contributed by atoms with Crippen molar-refractivity contribution in [3.63, 3.8) is 0 Å². The molecule has 3 aromatic rings. The zero-order chi connectivity index (χ0) is 23.7. The van der Waals surface area contributed by atoms with Crippen molar-refractivity contribution in [3.05, 3.63) is 89.5 Å². The second-order valence-corrected chi connectivity index (χ2v) is 16.3. The van der Waals surface area contributed by atoms with Crippen LogP contribution >= 0.6 is 10.8 Å². The molecule has 0 N–H and O–H groups in total. The van der Waals surface area contributed by atoms with Crippen LogP contribution in [0.1, 0.15) is 16.7 Å². The van der Waals surface area contributed by atoms with Crippen molar-refractivity contribution in [3.8, 4) is 0 Å². The first-order chi connectivity index (χ1) is 14.8. The van der Waals surface area contributed by atoms with Gasteiger partial charge in [-0.1, -0.05) is 53.1 Å². The van der Waals surface area contributed by atoms with Crippen molar-refractivity contribution in [2.75, 3.05) is 0 Å². The highest BCUT2D eigenvalue weighted by Crippen LogP contribution is 2.39.